The Morgan fingerprint density at radius 1 is 0.679 bits per heavy atom. The first-order valence-corrected chi connectivity index (χ1v) is 10.9. The SMILES string of the molecule is COCOc1cc(OC)c(OCOC)c(CCCCCCCCCBr)c1OC. The Kier molecular flexibility index (Phi) is 13.9. The Labute approximate surface area is 177 Å². The van der Waals surface area contributed by atoms with Gasteiger partial charge < -0.3 is 28.4 Å². The van der Waals surface area contributed by atoms with E-state index in [4.69, 9.17) is 28.4 Å². The molecule has 0 radical (unpaired) electrons. The van der Waals surface area contributed by atoms with E-state index in [9.17, 15) is 0 Å². The Balaban J connectivity index is 2.87. The van der Waals surface area contributed by atoms with Crippen LogP contribution in [0.25, 0.3) is 0 Å². The fourth-order valence-electron chi connectivity index (χ4n) is 3.04. The quantitative estimate of drug-likeness (QED) is 0.177. The van der Waals surface area contributed by atoms with E-state index in [2.05, 4.69) is 15.9 Å². The number of methoxy groups -OCH3 is 4. The van der Waals surface area contributed by atoms with Gasteiger partial charge in [-0.1, -0.05) is 48.0 Å². The van der Waals surface area contributed by atoms with Crippen LogP contribution in [0, 0.1) is 0 Å². The van der Waals surface area contributed by atoms with Gasteiger partial charge in [0.25, 0.3) is 0 Å². The van der Waals surface area contributed by atoms with Gasteiger partial charge in [-0.3, -0.25) is 0 Å². The van der Waals surface area contributed by atoms with Crippen molar-refractivity contribution in [2.24, 2.45) is 0 Å². The molecule has 0 bridgehead atoms. The topological polar surface area (TPSA) is 55.4 Å². The predicted octanol–water partition coefficient (Wildman–Crippen LogP) is 5.34. The number of ether oxygens (including phenoxy) is 6. The third kappa shape index (κ3) is 8.45. The van der Waals surface area contributed by atoms with E-state index in [0.29, 0.717) is 23.0 Å². The van der Waals surface area contributed by atoms with Gasteiger partial charge in [-0.25, -0.2) is 0 Å². The lowest BCUT2D eigenvalue weighted by Gasteiger charge is -2.20. The molecule has 0 unspecified atom stereocenters. The zero-order valence-corrected chi connectivity index (χ0v) is 19.3. The molecule has 0 fully saturated rings. The lowest BCUT2D eigenvalue weighted by molar-refractivity contribution is 0.0444. The van der Waals surface area contributed by atoms with Crippen molar-refractivity contribution in [3.8, 4) is 23.0 Å². The summed E-state index contributed by atoms with van der Waals surface area (Å²) in [6, 6.07) is 1.76. The van der Waals surface area contributed by atoms with E-state index < -0.39 is 0 Å². The second-order valence-electron chi connectivity index (χ2n) is 6.43. The number of hydrogen-bond acceptors (Lipinski definition) is 6. The van der Waals surface area contributed by atoms with Crippen LogP contribution in [0.4, 0.5) is 0 Å². The summed E-state index contributed by atoms with van der Waals surface area (Å²) in [5, 5.41) is 1.10. The number of halogens is 1. The molecule has 6 nitrogen and oxygen atoms in total. The molecule has 1 aromatic carbocycles. The van der Waals surface area contributed by atoms with Crippen molar-refractivity contribution in [3.63, 3.8) is 0 Å². The molecule has 1 aromatic rings. The minimum absolute atomic E-state index is 0.131. The summed E-state index contributed by atoms with van der Waals surface area (Å²) >= 11 is 3.48. The van der Waals surface area contributed by atoms with Gasteiger partial charge >= 0.3 is 0 Å². The molecule has 0 aliphatic carbocycles. The van der Waals surface area contributed by atoms with Crippen molar-refractivity contribution < 1.29 is 28.4 Å². The van der Waals surface area contributed by atoms with Crippen molar-refractivity contribution in [1.29, 1.82) is 0 Å². The van der Waals surface area contributed by atoms with Crippen LogP contribution in [-0.2, 0) is 15.9 Å². The molecule has 0 spiro atoms. The van der Waals surface area contributed by atoms with Crippen LogP contribution in [0.3, 0.4) is 0 Å². The molecule has 0 saturated carbocycles. The number of benzene rings is 1. The molecule has 1 rings (SSSR count). The largest absolute Gasteiger partial charge is 0.493 e. The van der Waals surface area contributed by atoms with Gasteiger partial charge in [0.1, 0.15) is 0 Å². The monoisotopic (exact) mass is 462 g/mol. The molecule has 0 atom stereocenters. The first-order valence-electron chi connectivity index (χ1n) is 9.80. The van der Waals surface area contributed by atoms with Crippen molar-refractivity contribution in [2.45, 2.75) is 51.4 Å². The molecule has 28 heavy (non-hydrogen) atoms. The normalized spacial score (nSPS) is 10.8. The maximum Gasteiger partial charge on any atom is 0.188 e. The highest BCUT2D eigenvalue weighted by atomic mass is 79.9. The highest BCUT2D eigenvalue weighted by molar-refractivity contribution is 9.09. The molecular weight excluding hydrogens is 428 g/mol. The molecular formula is C21H35BrO6. The third-order valence-electron chi connectivity index (χ3n) is 4.40. The highest BCUT2D eigenvalue weighted by Gasteiger charge is 2.22. The van der Waals surface area contributed by atoms with Gasteiger partial charge in [-0.05, 0) is 19.3 Å². The molecule has 0 saturated heterocycles. The molecule has 0 aliphatic heterocycles. The average Bonchev–Trinajstić information content (AvgIpc) is 2.72. The second kappa shape index (κ2) is 15.7. The number of unbranched alkanes of at least 4 members (excludes halogenated alkanes) is 6. The maximum absolute atomic E-state index is 5.81. The zero-order chi connectivity index (χ0) is 20.6. The van der Waals surface area contributed by atoms with Gasteiger partial charge in [-0.15, -0.1) is 0 Å². The van der Waals surface area contributed by atoms with Crippen LogP contribution in [-0.4, -0.2) is 47.4 Å². The standard InChI is InChI=1S/C21H35BrO6/c1-23-15-27-19-14-18(25-3)21(28-16-24-2)17(20(19)26-4)12-10-8-6-5-7-9-11-13-22/h14H,5-13,15-16H2,1-4H3. The summed E-state index contributed by atoms with van der Waals surface area (Å²) in [4.78, 5) is 0. The van der Waals surface area contributed by atoms with Gasteiger partial charge in [-0.2, -0.15) is 0 Å². The summed E-state index contributed by atoms with van der Waals surface area (Å²) < 4.78 is 32.8. The highest BCUT2D eigenvalue weighted by Crippen LogP contribution is 2.45. The Hall–Kier alpha value is -1.18. The predicted molar refractivity (Wildman–Crippen MR) is 114 cm³/mol. The van der Waals surface area contributed by atoms with Gasteiger partial charge in [0.15, 0.2) is 36.6 Å². The van der Waals surface area contributed by atoms with Crippen molar-refractivity contribution in [3.05, 3.63) is 11.6 Å². The second-order valence-corrected chi connectivity index (χ2v) is 7.23. The minimum atomic E-state index is 0.131. The van der Waals surface area contributed by atoms with Gasteiger partial charge in [0.05, 0.1) is 14.2 Å². The minimum Gasteiger partial charge on any atom is -0.493 e. The Morgan fingerprint density at radius 3 is 1.86 bits per heavy atom. The molecule has 7 heteroatoms. The van der Waals surface area contributed by atoms with E-state index in [0.717, 1.165) is 30.2 Å². The first-order chi connectivity index (χ1) is 13.7. The van der Waals surface area contributed by atoms with Gasteiger partial charge in [0, 0.05) is 31.2 Å². The Morgan fingerprint density at radius 2 is 1.29 bits per heavy atom. The van der Waals surface area contributed by atoms with E-state index >= 15 is 0 Å². The van der Waals surface area contributed by atoms with E-state index in [1.165, 1.54) is 32.1 Å². The number of alkyl halides is 1. The van der Waals surface area contributed by atoms with Crippen LogP contribution in [0.2, 0.25) is 0 Å². The number of hydrogen-bond donors (Lipinski definition) is 0. The molecule has 0 heterocycles. The van der Waals surface area contributed by atoms with Crippen molar-refractivity contribution >= 4 is 15.9 Å². The fraction of sp³-hybridized carbons (Fsp3) is 0.714. The zero-order valence-electron chi connectivity index (χ0n) is 17.7. The summed E-state index contributed by atoms with van der Waals surface area (Å²) in [6.07, 6.45) is 9.36. The van der Waals surface area contributed by atoms with E-state index in [1.807, 2.05) is 0 Å². The molecule has 162 valence electrons. The van der Waals surface area contributed by atoms with E-state index in [-0.39, 0.29) is 13.6 Å². The summed E-state index contributed by atoms with van der Waals surface area (Å²) in [5.74, 6) is 2.47. The summed E-state index contributed by atoms with van der Waals surface area (Å²) in [6.45, 7) is 0.268. The average molecular weight is 463 g/mol. The molecule has 0 amide bonds. The van der Waals surface area contributed by atoms with E-state index in [1.54, 1.807) is 34.5 Å². The summed E-state index contributed by atoms with van der Waals surface area (Å²) in [5.41, 5.74) is 0.935. The summed E-state index contributed by atoms with van der Waals surface area (Å²) in [7, 11) is 6.42. The van der Waals surface area contributed by atoms with Crippen molar-refractivity contribution in [2.75, 3.05) is 47.4 Å². The van der Waals surface area contributed by atoms with Gasteiger partial charge in [0.2, 0.25) is 0 Å². The smallest absolute Gasteiger partial charge is 0.188 e. The third-order valence-corrected chi connectivity index (χ3v) is 4.96. The lowest BCUT2D eigenvalue weighted by Crippen LogP contribution is -2.08. The maximum atomic E-state index is 5.81. The van der Waals surface area contributed by atoms with Crippen LogP contribution in [0.5, 0.6) is 23.0 Å². The first kappa shape index (κ1) is 24.9. The van der Waals surface area contributed by atoms with Crippen LogP contribution < -0.4 is 18.9 Å². The van der Waals surface area contributed by atoms with Crippen LogP contribution in [0.1, 0.15) is 50.5 Å². The Bertz CT molecular complexity index is 538. The van der Waals surface area contributed by atoms with Crippen LogP contribution >= 0.6 is 15.9 Å². The van der Waals surface area contributed by atoms with Crippen LogP contribution in [0.15, 0.2) is 6.07 Å². The van der Waals surface area contributed by atoms with Crippen molar-refractivity contribution in [1.82, 2.24) is 0 Å². The number of rotatable bonds is 17. The lowest BCUT2D eigenvalue weighted by atomic mass is 10.0. The molecule has 0 N–H and O–H groups in total. The fourth-order valence-corrected chi connectivity index (χ4v) is 3.44. The molecule has 0 aliphatic rings. The molecule has 0 aromatic heterocycles.